The van der Waals surface area contributed by atoms with Crippen LogP contribution in [0.2, 0.25) is 0 Å². The molecule has 1 aromatic carbocycles. The van der Waals surface area contributed by atoms with Gasteiger partial charge in [0, 0.05) is 41.7 Å². The summed E-state index contributed by atoms with van der Waals surface area (Å²) in [5, 5.41) is 12.4. The average molecular weight is 465 g/mol. The minimum absolute atomic E-state index is 0.0404. The number of nitro groups is 1. The van der Waals surface area contributed by atoms with E-state index in [0.29, 0.717) is 24.1 Å². The molecule has 6 nitrogen and oxygen atoms in total. The molecule has 2 aliphatic rings. The van der Waals surface area contributed by atoms with Gasteiger partial charge in [0.05, 0.1) is 28.0 Å². The third-order valence-corrected chi connectivity index (χ3v) is 7.01. The highest BCUT2D eigenvalue weighted by molar-refractivity contribution is 9.10. The number of hydrogen-bond acceptors (Lipinski definition) is 6. The average Bonchev–Trinajstić information content (AvgIpc) is 3.00. The number of hydrogen-bond donors (Lipinski definition) is 0. The third kappa shape index (κ3) is 3.60. The second kappa shape index (κ2) is 7.24. The first-order valence-corrected chi connectivity index (χ1v) is 10.8. The number of nitro benzene ring substituents is 1. The number of morpholine rings is 1. The summed E-state index contributed by atoms with van der Waals surface area (Å²) in [5.41, 5.74) is 2.69. The zero-order valence-corrected chi connectivity index (χ0v) is 18.2. The van der Waals surface area contributed by atoms with Crippen molar-refractivity contribution >= 4 is 43.7 Å². The summed E-state index contributed by atoms with van der Waals surface area (Å²) < 4.78 is 6.15. The predicted molar refractivity (Wildman–Crippen MR) is 114 cm³/mol. The van der Waals surface area contributed by atoms with E-state index in [1.54, 1.807) is 6.07 Å². The fraction of sp³-hybridized carbons (Fsp3) is 0.450. The highest BCUT2D eigenvalue weighted by Gasteiger charge is 2.37. The highest BCUT2D eigenvalue weighted by atomic mass is 79.9. The van der Waals surface area contributed by atoms with E-state index in [1.165, 1.54) is 17.4 Å². The molecule has 0 atom stereocenters. The van der Waals surface area contributed by atoms with Crippen LogP contribution in [0.1, 0.15) is 35.5 Å². The first kappa shape index (κ1) is 19.5. The Morgan fingerprint density at radius 2 is 1.93 bits per heavy atom. The maximum Gasteiger partial charge on any atom is 0.271 e. The van der Waals surface area contributed by atoms with E-state index in [9.17, 15) is 14.9 Å². The number of ketones is 1. The van der Waals surface area contributed by atoms with Crippen molar-refractivity contribution in [1.29, 1.82) is 0 Å². The van der Waals surface area contributed by atoms with Crippen LogP contribution in [0, 0.1) is 15.5 Å². The maximum atomic E-state index is 12.9. The molecule has 1 aromatic heterocycles. The summed E-state index contributed by atoms with van der Waals surface area (Å²) in [6.45, 7) is 6.99. The number of rotatable bonds is 3. The number of Topliss-reactive ketones (excluding diaryl/α,β-unsaturated/α-hetero) is 1. The number of carbonyl (C=O) groups excluding carboxylic acids is 1. The van der Waals surface area contributed by atoms with Gasteiger partial charge in [0.2, 0.25) is 0 Å². The first-order chi connectivity index (χ1) is 13.2. The molecule has 0 saturated carbocycles. The summed E-state index contributed by atoms with van der Waals surface area (Å²) >= 11 is 4.94. The molecule has 148 valence electrons. The molecule has 4 rings (SSSR count). The lowest BCUT2D eigenvalue weighted by Gasteiger charge is -2.30. The Balaban J connectivity index is 1.94. The summed E-state index contributed by atoms with van der Waals surface area (Å²) in [6, 6.07) is 5.03. The number of non-ortho nitro benzene ring substituents is 1. The Bertz CT molecular complexity index is 963. The number of halogens is 1. The van der Waals surface area contributed by atoms with Gasteiger partial charge in [-0.2, -0.15) is 0 Å². The van der Waals surface area contributed by atoms with Crippen molar-refractivity contribution in [3.8, 4) is 11.1 Å². The molecule has 0 radical (unpaired) electrons. The van der Waals surface area contributed by atoms with Gasteiger partial charge in [-0.1, -0.05) is 29.8 Å². The van der Waals surface area contributed by atoms with E-state index in [0.717, 1.165) is 46.1 Å². The molecule has 0 unspecified atom stereocenters. The quantitative estimate of drug-likeness (QED) is 0.467. The minimum atomic E-state index is -0.378. The molecule has 1 aliphatic carbocycles. The molecule has 0 bridgehead atoms. The first-order valence-electron chi connectivity index (χ1n) is 9.22. The Morgan fingerprint density at radius 3 is 2.61 bits per heavy atom. The molecule has 1 fully saturated rings. The summed E-state index contributed by atoms with van der Waals surface area (Å²) in [7, 11) is 0. The van der Waals surface area contributed by atoms with E-state index in [1.807, 2.05) is 6.07 Å². The third-order valence-electron chi connectivity index (χ3n) is 5.22. The zero-order valence-electron chi connectivity index (χ0n) is 15.8. The molecular weight excluding hydrogens is 444 g/mol. The number of carbonyl (C=O) groups is 1. The van der Waals surface area contributed by atoms with Crippen molar-refractivity contribution < 1.29 is 14.5 Å². The van der Waals surface area contributed by atoms with Crippen LogP contribution in [0.5, 0.6) is 0 Å². The molecule has 28 heavy (non-hydrogen) atoms. The topological polar surface area (TPSA) is 72.7 Å². The van der Waals surface area contributed by atoms with Gasteiger partial charge in [-0.15, -0.1) is 11.3 Å². The van der Waals surface area contributed by atoms with E-state index in [2.05, 4.69) is 34.7 Å². The van der Waals surface area contributed by atoms with Crippen LogP contribution in [0.15, 0.2) is 22.7 Å². The van der Waals surface area contributed by atoms with E-state index >= 15 is 0 Å². The molecule has 1 aliphatic heterocycles. The number of anilines is 1. The van der Waals surface area contributed by atoms with Gasteiger partial charge >= 0.3 is 0 Å². The maximum absolute atomic E-state index is 12.9. The number of benzene rings is 1. The predicted octanol–water partition coefficient (Wildman–Crippen LogP) is 5.08. The second-order valence-corrected chi connectivity index (χ2v) is 10.0. The Morgan fingerprint density at radius 1 is 1.21 bits per heavy atom. The fourth-order valence-electron chi connectivity index (χ4n) is 4.01. The van der Waals surface area contributed by atoms with Crippen LogP contribution >= 0.6 is 27.3 Å². The number of thiophene rings is 1. The van der Waals surface area contributed by atoms with Crippen molar-refractivity contribution in [2.24, 2.45) is 5.41 Å². The summed E-state index contributed by atoms with van der Waals surface area (Å²) in [6.07, 6.45) is 1.31. The lowest BCUT2D eigenvalue weighted by Crippen LogP contribution is -2.36. The van der Waals surface area contributed by atoms with Crippen molar-refractivity contribution in [2.45, 2.75) is 26.7 Å². The van der Waals surface area contributed by atoms with Gasteiger partial charge in [-0.25, -0.2) is 0 Å². The van der Waals surface area contributed by atoms with Gasteiger partial charge in [0.1, 0.15) is 0 Å². The lowest BCUT2D eigenvalue weighted by molar-refractivity contribution is -0.384. The van der Waals surface area contributed by atoms with Crippen LogP contribution in [0.3, 0.4) is 0 Å². The van der Waals surface area contributed by atoms with Crippen LogP contribution in [-0.2, 0) is 11.2 Å². The van der Waals surface area contributed by atoms with Crippen molar-refractivity contribution in [3.05, 3.63) is 43.2 Å². The molecule has 1 saturated heterocycles. The SMILES string of the molecule is CC1(C)CC(=O)c2sc(N3CCOCC3)c(-c3cc(Br)cc([N+](=O)[O-])c3)c2C1. The monoisotopic (exact) mass is 464 g/mol. The van der Waals surface area contributed by atoms with Crippen LogP contribution in [-0.4, -0.2) is 37.0 Å². The Kier molecular flexibility index (Phi) is 5.05. The number of fused-ring (bicyclic) bond motifs is 1. The molecule has 0 N–H and O–H groups in total. The number of ether oxygens (including phenoxy) is 1. The van der Waals surface area contributed by atoms with Crippen molar-refractivity contribution in [3.63, 3.8) is 0 Å². The Hall–Kier alpha value is -1.77. The zero-order chi connectivity index (χ0) is 20.1. The van der Waals surface area contributed by atoms with Crippen LogP contribution in [0.4, 0.5) is 10.7 Å². The largest absolute Gasteiger partial charge is 0.378 e. The highest BCUT2D eigenvalue weighted by Crippen LogP contribution is 2.50. The van der Waals surface area contributed by atoms with Gasteiger partial charge in [-0.05, 0) is 29.0 Å². The molecule has 0 spiro atoms. The normalized spacial score (nSPS) is 18.8. The van der Waals surface area contributed by atoms with Crippen molar-refractivity contribution in [2.75, 3.05) is 31.2 Å². The smallest absolute Gasteiger partial charge is 0.271 e. The molecular formula is C20H21BrN2O4S. The molecule has 0 amide bonds. The van der Waals surface area contributed by atoms with Crippen LogP contribution in [0.25, 0.3) is 11.1 Å². The summed E-state index contributed by atoms with van der Waals surface area (Å²) in [5.74, 6) is 0.168. The van der Waals surface area contributed by atoms with Crippen LogP contribution < -0.4 is 4.90 Å². The molecule has 2 aromatic rings. The summed E-state index contributed by atoms with van der Waals surface area (Å²) in [4.78, 5) is 27.0. The van der Waals surface area contributed by atoms with E-state index in [4.69, 9.17) is 4.74 Å². The fourth-order valence-corrected chi connectivity index (χ4v) is 5.83. The molecule has 2 heterocycles. The lowest BCUT2D eigenvalue weighted by atomic mass is 9.75. The van der Waals surface area contributed by atoms with E-state index < -0.39 is 0 Å². The minimum Gasteiger partial charge on any atom is -0.378 e. The van der Waals surface area contributed by atoms with Gasteiger partial charge in [0.15, 0.2) is 5.78 Å². The number of nitrogens with zero attached hydrogens (tertiary/aromatic N) is 2. The van der Waals surface area contributed by atoms with Gasteiger partial charge in [-0.3, -0.25) is 14.9 Å². The van der Waals surface area contributed by atoms with Gasteiger partial charge in [0.25, 0.3) is 5.69 Å². The van der Waals surface area contributed by atoms with E-state index in [-0.39, 0.29) is 21.8 Å². The Labute approximate surface area is 175 Å². The second-order valence-electron chi connectivity index (χ2n) is 8.09. The molecule has 8 heteroatoms. The van der Waals surface area contributed by atoms with Gasteiger partial charge < -0.3 is 9.64 Å². The van der Waals surface area contributed by atoms with Crippen molar-refractivity contribution in [1.82, 2.24) is 0 Å². The standard InChI is InChI=1S/C20H21BrN2O4S/c1-20(2)10-15-17(12-7-13(21)9-14(8-12)23(25)26)19(22-3-5-27-6-4-22)28-18(15)16(24)11-20/h7-9H,3-6,10-11H2,1-2H3.